The molecule has 0 spiro atoms. The Morgan fingerprint density at radius 1 is 0.562 bits per heavy atom. The van der Waals surface area contributed by atoms with Crippen LogP contribution in [-0.2, 0) is 6.42 Å². The van der Waals surface area contributed by atoms with Crippen molar-refractivity contribution >= 4 is 59.7 Å². The highest BCUT2D eigenvalue weighted by Gasteiger charge is 2.25. The number of nitrogens with zero attached hydrogens (tertiary/aromatic N) is 3. The second-order valence-corrected chi connectivity index (χ2v) is 13.4. The van der Waals surface area contributed by atoms with Gasteiger partial charge in [-0.1, -0.05) is 121 Å². The number of benzene rings is 6. The van der Waals surface area contributed by atoms with Crippen molar-refractivity contribution in [3.8, 4) is 33.9 Å². The van der Waals surface area contributed by atoms with Gasteiger partial charge in [-0.15, -0.1) is 11.3 Å². The number of rotatable bonds is 4. The molecule has 0 unspecified atom stereocenters. The Hall–Kier alpha value is -5.91. The van der Waals surface area contributed by atoms with Crippen LogP contribution in [0.3, 0.4) is 0 Å². The summed E-state index contributed by atoms with van der Waals surface area (Å²) in [7, 11) is 0. The first-order chi connectivity index (χ1) is 23.8. The number of aryl methyl sites for hydroxylation is 1. The van der Waals surface area contributed by atoms with Crippen molar-refractivity contribution in [1.29, 1.82) is 0 Å². The molecule has 3 aromatic heterocycles. The molecular formula is C43H27N3OS. The minimum absolute atomic E-state index is 0.635. The maximum absolute atomic E-state index is 6.68. The molecule has 0 saturated heterocycles. The molecule has 0 atom stereocenters. The van der Waals surface area contributed by atoms with E-state index in [0.29, 0.717) is 17.5 Å². The van der Waals surface area contributed by atoms with Crippen molar-refractivity contribution < 1.29 is 4.42 Å². The Bertz CT molecular complexity index is 2740. The summed E-state index contributed by atoms with van der Waals surface area (Å²) < 4.78 is 7.97. The van der Waals surface area contributed by atoms with Gasteiger partial charge in [0.1, 0.15) is 11.2 Å². The number of fused-ring (bicyclic) bond motifs is 7. The molecule has 0 aliphatic heterocycles. The molecule has 4 nitrogen and oxygen atoms in total. The summed E-state index contributed by atoms with van der Waals surface area (Å²) in [5, 5.41) is 5.73. The first-order valence-corrected chi connectivity index (χ1v) is 17.1. The van der Waals surface area contributed by atoms with E-state index in [1.165, 1.54) is 31.3 Å². The van der Waals surface area contributed by atoms with Crippen LogP contribution in [0.25, 0.3) is 82.3 Å². The minimum atomic E-state index is 0.635. The van der Waals surface area contributed by atoms with E-state index in [1.54, 1.807) is 0 Å². The van der Waals surface area contributed by atoms with Crippen LogP contribution in [0.2, 0.25) is 0 Å². The summed E-state index contributed by atoms with van der Waals surface area (Å²) in [5.74, 6) is 1.99. The van der Waals surface area contributed by atoms with Gasteiger partial charge >= 0.3 is 0 Å². The van der Waals surface area contributed by atoms with E-state index in [4.69, 9.17) is 19.4 Å². The monoisotopic (exact) mass is 633 g/mol. The van der Waals surface area contributed by atoms with Crippen LogP contribution >= 0.6 is 11.3 Å². The SMILES string of the molecule is C1=C(c2nc(-c3ccccc3)nc(-c3cccc4oc5c(-c6ccc7ccccc7c6)cccc5c34)n2)c2c(sc3ccccc23)CC1. The van der Waals surface area contributed by atoms with Crippen molar-refractivity contribution in [3.05, 3.63) is 156 Å². The fourth-order valence-electron chi connectivity index (χ4n) is 7.17. The number of thiophene rings is 1. The molecule has 5 heteroatoms. The first-order valence-electron chi connectivity index (χ1n) is 16.3. The molecule has 0 N–H and O–H groups in total. The first kappa shape index (κ1) is 27.2. The number of furan rings is 1. The van der Waals surface area contributed by atoms with Crippen LogP contribution in [0, 0.1) is 0 Å². The van der Waals surface area contributed by atoms with Gasteiger partial charge in [-0.25, -0.2) is 15.0 Å². The topological polar surface area (TPSA) is 51.8 Å². The highest BCUT2D eigenvalue weighted by molar-refractivity contribution is 7.19. The Kier molecular flexibility index (Phi) is 6.14. The average molecular weight is 634 g/mol. The van der Waals surface area contributed by atoms with Gasteiger partial charge in [0.2, 0.25) is 0 Å². The lowest BCUT2D eigenvalue weighted by Gasteiger charge is -2.15. The van der Waals surface area contributed by atoms with Crippen LogP contribution in [0.5, 0.6) is 0 Å². The number of hydrogen-bond acceptors (Lipinski definition) is 5. The average Bonchev–Trinajstić information content (AvgIpc) is 3.73. The van der Waals surface area contributed by atoms with Gasteiger partial charge in [-0.05, 0) is 47.4 Å². The second-order valence-electron chi connectivity index (χ2n) is 12.3. The number of allylic oxidation sites excluding steroid dienone is 1. The molecule has 0 amide bonds. The molecule has 0 radical (unpaired) electrons. The quantitative estimate of drug-likeness (QED) is 0.193. The van der Waals surface area contributed by atoms with E-state index in [9.17, 15) is 0 Å². The summed E-state index contributed by atoms with van der Waals surface area (Å²) in [4.78, 5) is 16.9. The molecule has 0 bridgehead atoms. The van der Waals surface area contributed by atoms with Gasteiger partial charge in [-0.2, -0.15) is 0 Å². The fourth-order valence-corrected chi connectivity index (χ4v) is 8.41. The Morgan fingerprint density at radius 3 is 2.25 bits per heavy atom. The summed E-state index contributed by atoms with van der Waals surface area (Å²) in [6, 6.07) is 46.5. The number of aromatic nitrogens is 3. The van der Waals surface area contributed by atoms with E-state index in [1.807, 2.05) is 41.7 Å². The van der Waals surface area contributed by atoms with E-state index in [2.05, 4.69) is 109 Å². The Morgan fingerprint density at radius 2 is 1.31 bits per heavy atom. The highest BCUT2D eigenvalue weighted by Crippen LogP contribution is 2.43. The van der Waals surface area contributed by atoms with Gasteiger partial charge in [0.25, 0.3) is 0 Å². The minimum Gasteiger partial charge on any atom is -0.455 e. The third kappa shape index (κ3) is 4.32. The smallest absolute Gasteiger partial charge is 0.164 e. The predicted molar refractivity (Wildman–Crippen MR) is 198 cm³/mol. The molecule has 0 fully saturated rings. The van der Waals surface area contributed by atoms with Crippen LogP contribution in [0.15, 0.2) is 144 Å². The third-order valence-corrected chi connectivity index (χ3v) is 10.6. The highest BCUT2D eigenvalue weighted by atomic mass is 32.1. The van der Waals surface area contributed by atoms with Gasteiger partial charge in [0.05, 0.1) is 0 Å². The van der Waals surface area contributed by atoms with E-state index < -0.39 is 0 Å². The predicted octanol–water partition coefficient (Wildman–Crippen LogP) is 11.5. The van der Waals surface area contributed by atoms with Crippen LogP contribution in [-0.4, -0.2) is 15.0 Å². The van der Waals surface area contributed by atoms with Crippen molar-refractivity contribution in [2.24, 2.45) is 0 Å². The standard InChI is InChI=1S/C43H27N3OS/c1-2-12-27(13-3-1)41-44-42(46-43(45-41)34-19-10-22-37-39(34)31-15-6-7-21-36(31)48-37)33-18-9-20-35-38(33)32-17-8-16-30(40(32)47-35)29-24-23-26-11-4-5-14-28(26)25-29/h1-9,11-21,23-25H,10,22H2. The van der Waals surface area contributed by atoms with E-state index in [-0.39, 0.29) is 0 Å². The fraction of sp³-hybridized carbons (Fsp3) is 0.0465. The molecule has 0 saturated carbocycles. The largest absolute Gasteiger partial charge is 0.455 e. The molecule has 1 aliphatic carbocycles. The van der Waals surface area contributed by atoms with Gasteiger partial charge in [0.15, 0.2) is 17.5 Å². The van der Waals surface area contributed by atoms with Crippen molar-refractivity contribution in [2.45, 2.75) is 12.8 Å². The summed E-state index contributed by atoms with van der Waals surface area (Å²) >= 11 is 1.88. The third-order valence-electron chi connectivity index (χ3n) is 9.39. The van der Waals surface area contributed by atoms with Crippen molar-refractivity contribution in [1.82, 2.24) is 15.0 Å². The number of para-hydroxylation sites is 1. The van der Waals surface area contributed by atoms with Crippen LogP contribution < -0.4 is 0 Å². The lowest BCUT2D eigenvalue weighted by molar-refractivity contribution is 0.670. The number of hydrogen-bond donors (Lipinski definition) is 0. The molecule has 3 heterocycles. The van der Waals surface area contributed by atoms with E-state index >= 15 is 0 Å². The van der Waals surface area contributed by atoms with Gasteiger partial charge in [-0.3, -0.25) is 0 Å². The van der Waals surface area contributed by atoms with Crippen molar-refractivity contribution in [2.75, 3.05) is 0 Å². The van der Waals surface area contributed by atoms with Gasteiger partial charge < -0.3 is 4.42 Å². The van der Waals surface area contributed by atoms with Crippen LogP contribution in [0.1, 0.15) is 22.7 Å². The second kappa shape index (κ2) is 10.8. The molecule has 226 valence electrons. The molecule has 6 aromatic carbocycles. The van der Waals surface area contributed by atoms with Crippen molar-refractivity contribution in [3.63, 3.8) is 0 Å². The zero-order valence-electron chi connectivity index (χ0n) is 25.9. The zero-order valence-corrected chi connectivity index (χ0v) is 26.7. The lowest BCUT2D eigenvalue weighted by atomic mass is 9.94. The molecule has 9 aromatic rings. The summed E-state index contributed by atoms with van der Waals surface area (Å²) in [5.41, 5.74) is 8.07. The Balaban J connectivity index is 1.20. The molecular weight excluding hydrogens is 607 g/mol. The molecule has 48 heavy (non-hydrogen) atoms. The maximum atomic E-state index is 6.68. The zero-order chi connectivity index (χ0) is 31.6. The molecule has 10 rings (SSSR count). The van der Waals surface area contributed by atoms with Crippen LogP contribution in [0.4, 0.5) is 0 Å². The maximum Gasteiger partial charge on any atom is 0.164 e. The summed E-state index contributed by atoms with van der Waals surface area (Å²) in [6.45, 7) is 0. The lowest BCUT2D eigenvalue weighted by Crippen LogP contribution is -2.06. The molecule has 1 aliphatic rings. The Labute approximate surface area is 280 Å². The normalized spacial score (nSPS) is 13.0. The van der Waals surface area contributed by atoms with Gasteiger partial charge in [0, 0.05) is 53.6 Å². The summed E-state index contributed by atoms with van der Waals surface area (Å²) in [6.07, 6.45) is 4.29. The van der Waals surface area contributed by atoms with E-state index in [0.717, 1.165) is 62.6 Å².